The molecule has 18 heavy (non-hydrogen) atoms. The van der Waals surface area contributed by atoms with Crippen LogP contribution in [0.25, 0.3) is 0 Å². The summed E-state index contributed by atoms with van der Waals surface area (Å²) in [6, 6.07) is 9.88. The molecule has 2 rings (SSSR count). The van der Waals surface area contributed by atoms with Crippen LogP contribution in [0.2, 0.25) is 5.02 Å². The van der Waals surface area contributed by atoms with Crippen molar-refractivity contribution in [2.75, 3.05) is 24.3 Å². The quantitative estimate of drug-likeness (QED) is 0.911. The van der Waals surface area contributed by atoms with Crippen LogP contribution in [0.4, 0.5) is 17.2 Å². The predicted octanol–water partition coefficient (Wildman–Crippen LogP) is 4.31. The third-order valence-electron chi connectivity index (χ3n) is 2.45. The standard InChI is InChI=1S/C13H13BrClN3/c1-18(2)11-5-3-10(4-6-11)17-13-12(15)7-9(14)8-16-13/h3-8H,1-2H3,(H,16,17). The first-order valence-electron chi connectivity index (χ1n) is 5.42. The number of nitrogens with zero attached hydrogens (tertiary/aromatic N) is 2. The molecule has 5 heteroatoms. The molecule has 0 bridgehead atoms. The number of benzene rings is 1. The predicted molar refractivity (Wildman–Crippen MR) is 81.0 cm³/mol. The highest BCUT2D eigenvalue weighted by Crippen LogP contribution is 2.26. The van der Waals surface area contributed by atoms with Crippen LogP contribution in [0.1, 0.15) is 0 Å². The zero-order chi connectivity index (χ0) is 13.1. The van der Waals surface area contributed by atoms with E-state index in [-0.39, 0.29) is 0 Å². The zero-order valence-electron chi connectivity index (χ0n) is 10.1. The van der Waals surface area contributed by atoms with Crippen molar-refractivity contribution in [3.63, 3.8) is 0 Å². The van der Waals surface area contributed by atoms with Gasteiger partial charge in [0.15, 0.2) is 0 Å². The number of hydrogen-bond donors (Lipinski definition) is 1. The van der Waals surface area contributed by atoms with Gasteiger partial charge in [0.25, 0.3) is 0 Å². The Morgan fingerprint density at radius 2 is 1.89 bits per heavy atom. The van der Waals surface area contributed by atoms with Gasteiger partial charge in [-0.2, -0.15) is 0 Å². The van der Waals surface area contributed by atoms with Gasteiger partial charge in [0.2, 0.25) is 0 Å². The molecule has 1 N–H and O–H groups in total. The largest absolute Gasteiger partial charge is 0.378 e. The van der Waals surface area contributed by atoms with E-state index >= 15 is 0 Å². The molecule has 0 fully saturated rings. The molecule has 0 spiro atoms. The monoisotopic (exact) mass is 325 g/mol. The highest BCUT2D eigenvalue weighted by Gasteiger charge is 2.03. The van der Waals surface area contributed by atoms with Crippen LogP contribution >= 0.6 is 27.5 Å². The van der Waals surface area contributed by atoms with Crippen LogP contribution in [0, 0.1) is 0 Å². The molecule has 1 aromatic carbocycles. The molecule has 1 heterocycles. The Morgan fingerprint density at radius 3 is 2.44 bits per heavy atom. The number of halogens is 2. The average Bonchev–Trinajstić information content (AvgIpc) is 2.33. The second-order valence-electron chi connectivity index (χ2n) is 4.05. The first-order valence-corrected chi connectivity index (χ1v) is 6.59. The summed E-state index contributed by atoms with van der Waals surface area (Å²) in [6.07, 6.45) is 1.71. The molecule has 0 saturated heterocycles. The fourth-order valence-electron chi connectivity index (χ4n) is 1.49. The number of aromatic nitrogens is 1. The minimum absolute atomic E-state index is 0.584. The van der Waals surface area contributed by atoms with Gasteiger partial charge >= 0.3 is 0 Å². The van der Waals surface area contributed by atoms with Crippen molar-refractivity contribution in [3.05, 3.63) is 46.0 Å². The van der Waals surface area contributed by atoms with Crippen molar-refractivity contribution in [1.29, 1.82) is 0 Å². The van der Waals surface area contributed by atoms with Crippen molar-refractivity contribution in [3.8, 4) is 0 Å². The SMILES string of the molecule is CN(C)c1ccc(Nc2ncc(Br)cc2Cl)cc1. The Labute approximate surface area is 120 Å². The lowest BCUT2D eigenvalue weighted by molar-refractivity contribution is 1.13. The van der Waals surface area contributed by atoms with E-state index in [4.69, 9.17) is 11.6 Å². The van der Waals surface area contributed by atoms with Gasteiger partial charge < -0.3 is 10.2 Å². The van der Waals surface area contributed by atoms with Gasteiger partial charge in [-0.15, -0.1) is 0 Å². The number of nitrogens with one attached hydrogen (secondary N) is 1. The summed E-state index contributed by atoms with van der Waals surface area (Å²) in [7, 11) is 4.02. The molecule has 2 aromatic rings. The number of anilines is 3. The Balaban J connectivity index is 2.18. The van der Waals surface area contributed by atoms with Gasteiger partial charge in [-0.1, -0.05) is 11.6 Å². The Bertz CT molecular complexity index is 540. The van der Waals surface area contributed by atoms with E-state index in [2.05, 4.69) is 31.1 Å². The minimum atomic E-state index is 0.584. The average molecular weight is 327 g/mol. The highest BCUT2D eigenvalue weighted by atomic mass is 79.9. The molecule has 0 saturated carbocycles. The van der Waals surface area contributed by atoms with Crippen LogP contribution in [0.5, 0.6) is 0 Å². The van der Waals surface area contributed by atoms with Gasteiger partial charge in [0, 0.05) is 36.1 Å². The van der Waals surface area contributed by atoms with Crippen LogP contribution in [0.15, 0.2) is 41.0 Å². The van der Waals surface area contributed by atoms with E-state index in [1.165, 1.54) is 0 Å². The molecular formula is C13H13BrClN3. The topological polar surface area (TPSA) is 28.2 Å². The summed E-state index contributed by atoms with van der Waals surface area (Å²) in [6.45, 7) is 0. The van der Waals surface area contributed by atoms with E-state index in [1.54, 1.807) is 6.20 Å². The molecule has 0 amide bonds. The van der Waals surface area contributed by atoms with E-state index in [0.717, 1.165) is 15.8 Å². The molecule has 0 atom stereocenters. The third kappa shape index (κ3) is 3.15. The molecular weight excluding hydrogens is 314 g/mol. The molecule has 0 aliphatic heterocycles. The van der Waals surface area contributed by atoms with Crippen molar-refractivity contribution in [2.45, 2.75) is 0 Å². The maximum absolute atomic E-state index is 6.10. The van der Waals surface area contributed by atoms with Crippen molar-refractivity contribution in [2.24, 2.45) is 0 Å². The van der Waals surface area contributed by atoms with E-state index < -0.39 is 0 Å². The number of rotatable bonds is 3. The Morgan fingerprint density at radius 1 is 1.22 bits per heavy atom. The highest BCUT2D eigenvalue weighted by molar-refractivity contribution is 9.10. The molecule has 0 unspecified atom stereocenters. The summed E-state index contributed by atoms with van der Waals surface area (Å²) >= 11 is 9.42. The fourth-order valence-corrected chi connectivity index (χ4v) is 2.16. The second kappa shape index (κ2) is 5.59. The lowest BCUT2D eigenvalue weighted by Gasteiger charge is -2.13. The molecule has 0 aliphatic rings. The fraction of sp³-hybridized carbons (Fsp3) is 0.154. The van der Waals surface area contributed by atoms with Crippen molar-refractivity contribution < 1.29 is 0 Å². The number of pyridine rings is 1. The summed E-state index contributed by atoms with van der Waals surface area (Å²) in [5.41, 5.74) is 2.10. The molecule has 0 aliphatic carbocycles. The summed E-state index contributed by atoms with van der Waals surface area (Å²) in [5, 5.41) is 3.77. The maximum Gasteiger partial charge on any atom is 0.149 e. The molecule has 0 radical (unpaired) electrons. The smallest absolute Gasteiger partial charge is 0.149 e. The van der Waals surface area contributed by atoms with E-state index in [1.807, 2.05) is 44.4 Å². The molecule has 94 valence electrons. The Hall–Kier alpha value is -1.26. The number of hydrogen-bond acceptors (Lipinski definition) is 3. The summed E-state index contributed by atoms with van der Waals surface area (Å²) in [4.78, 5) is 6.28. The normalized spacial score (nSPS) is 10.2. The van der Waals surface area contributed by atoms with Gasteiger partial charge in [-0.05, 0) is 46.3 Å². The van der Waals surface area contributed by atoms with E-state index in [0.29, 0.717) is 10.8 Å². The van der Waals surface area contributed by atoms with Crippen LogP contribution in [-0.2, 0) is 0 Å². The minimum Gasteiger partial charge on any atom is -0.378 e. The van der Waals surface area contributed by atoms with Crippen molar-refractivity contribution in [1.82, 2.24) is 4.98 Å². The van der Waals surface area contributed by atoms with E-state index in [9.17, 15) is 0 Å². The van der Waals surface area contributed by atoms with Gasteiger partial charge in [0.05, 0.1) is 5.02 Å². The molecule has 3 nitrogen and oxygen atoms in total. The molecule has 1 aromatic heterocycles. The Kier molecular flexibility index (Phi) is 4.09. The summed E-state index contributed by atoms with van der Waals surface area (Å²) < 4.78 is 0.862. The van der Waals surface area contributed by atoms with Crippen molar-refractivity contribution >= 4 is 44.7 Å². The third-order valence-corrected chi connectivity index (χ3v) is 3.18. The lowest BCUT2D eigenvalue weighted by atomic mass is 10.2. The first-order chi connectivity index (χ1) is 8.56. The summed E-state index contributed by atoms with van der Waals surface area (Å²) in [5.74, 6) is 0.650. The first kappa shape index (κ1) is 13.2. The van der Waals surface area contributed by atoms with Crippen LogP contribution in [-0.4, -0.2) is 19.1 Å². The van der Waals surface area contributed by atoms with Gasteiger partial charge in [0.1, 0.15) is 5.82 Å². The zero-order valence-corrected chi connectivity index (χ0v) is 12.5. The second-order valence-corrected chi connectivity index (χ2v) is 5.37. The lowest BCUT2D eigenvalue weighted by Crippen LogP contribution is -2.08. The van der Waals surface area contributed by atoms with Crippen LogP contribution < -0.4 is 10.2 Å². The maximum atomic E-state index is 6.10. The van der Waals surface area contributed by atoms with Gasteiger partial charge in [-0.25, -0.2) is 4.98 Å². The van der Waals surface area contributed by atoms with Gasteiger partial charge in [-0.3, -0.25) is 0 Å². The van der Waals surface area contributed by atoms with Crippen LogP contribution in [0.3, 0.4) is 0 Å².